The van der Waals surface area contributed by atoms with Crippen molar-refractivity contribution in [1.82, 2.24) is 15.3 Å². The van der Waals surface area contributed by atoms with E-state index in [1.54, 1.807) is 13.1 Å². The molecule has 5 nitrogen and oxygen atoms in total. The summed E-state index contributed by atoms with van der Waals surface area (Å²) in [5, 5.41) is 3.13. The predicted octanol–water partition coefficient (Wildman–Crippen LogP) is 2.14. The van der Waals surface area contributed by atoms with Gasteiger partial charge in [-0.2, -0.15) is 0 Å². The van der Waals surface area contributed by atoms with Crippen molar-refractivity contribution in [3.8, 4) is 0 Å². The molecule has 0 radical (unpaired) electrons. The zero-order chi connectivity index (χ0) is 14.9. The van der Waals surface area contributed by atoms with Crippen molar-refractivity contribution in [1.29, 1.82) is 0 Å². The summed E-state index contributed by atoms with van der Waals surface area (Å²) in [6.45, 7) is 6.95. The van der Waals surface area contributed by atoms with Crippen LogP contribution in [-0.2, 0) is 10.2 Å². The monoisotopic (exact) mass is 296 g/mol. The van der Waals surface area contributed by atoms with Crippen LogP contribution in [0.4, 0.5) is 5.82 Å². The summed E-state index contributed by atoms with van der Waals surface area (Å²) >= 11 is 6.12. The van der Waals surface area contributed by atoms with Crippen LogP contribution in [0.25, 0.3) is 0 Å². The SMILES string of the molecule is CNC(=O)C1CCCN1c1cc(Cl)nc(C(C)(C)C)n1. The highest BCUT2D eigenvalue weighted by Crippen LogP contribution is 2.28. The second-order valence-corrected chi connectivity index (χ2v) is 6.48. The van der Waals surface area contributed by atoms with Crippen LogP contribution in [0.3, 0.4) is 0 Å². The van der Waals surface area contributed by atoms with Crippen molar-refractivity contribution in [2.75, 3.05) is 18.5 Å². The van der Waals surface area contributed by atoms with Gasteiger partial charge in [-0.3, -0.25) is 4.79 Å². The van der Waals surface area contributed by atoms with Gasteiger partial charge < -0.3 is 10.2 Å². The number of rotatable bonds is 2. The van der Waals surface area contributed by atoms with Crippen molar-refractivity contribution in [2.45, 2.75) is 45.1 Å². The number of carbonyl (C=O) groups is 1. The Labute approximate surface area is 124 Å². The van der Waals surface area contributed by atoms with Crippen LogP contribution in [0.1, 0.15) is 39.4 Å². The lowest BCUT2D eigenvalue weighted by atomic mass is 9.96. The third kappa shape index (κ3) is 3.03. The molecule has 0 spiro atoms. The van der Waals surface area contributed by atoms with Gasteiger partial charge in [0.25, 0.3) is 0 Å². The second kappa shape index (κ2) is 5.56. The fraction of sp³-hybridized carbons (Fsp3) is 0.643. The van der Waals surface area contributed by atoms with Gasteiger partial charge in [-0.25, -0.2) is 9.97 Å². The number of hydrogen-bond donors (Lipinski definition) is 1. The summed E-state index contributed by atoms with van der Waals surface area (Å²) in [5.74, 6) is 1.46. The largest absolute Gasteiger partial charge is 0.357 e. The first kappa shape index (κ1) is 15.0. The Morgan fingerprint density at radius 1 is 1.45 bits per heavy atom. The molecule has 1 fully saturated rings. The van der Waals surface area contributed by atoms with E-state index in [-0.39, 0.29) is 17.4 Å². The molecule has 1 saturated heterocycles. The molecule has 6 heteroatoms. The van der Waals surface area contributed by atoms with Crippen LogP contribution in [0.2, 0.25) is 5.15 Å². The van der Waals surface area contributed by atoms with Crippen LogP contribution < -0.4 is 10.2 Å². The molecule has 0 aliphatic carbocycles. The molecule has 20 heavy (non-hydrogen) atoms. The van der Waals surface area contributed by atoms with Crippen molar-refractivity contribution in [2.24, 2.45) is 0 Å². The van der Waals surface area contributed by atoms with Crippen LogP contribution >= 0.6 is 11.6 Å². The van der Waals surface area contributed by atoms with Crippen LogP contribution in [-0.4, -0.2) is 35.5 Å². The lowest BCUT2D eigenvalue weighted by molar-refractivity contribution is -0.121. The first-order valence-electron chi connectivity index (χ1n) is 6.86. The zero-order valence-corrected chi connectivity index (χ0v) is 13.2. The number of carbonyl (C=O) groups excluding carboxylic acids is 1. The van der Waals surface area contributed by atoms with Gasteiger partial charge in [0.05, 0.1) is 0 Å². The highest BCUT2D eigenvalue weighted by molar-refractivity contribution is 6.29. The van der Waals surface area contributed by atoms with E-state index < -0.39 is 0 Å². The summed E-state index contributed by atoms with van der Waals surface area (Å²) in [6, 6.07) is 1.57. The van der Waals surface area contributed by atoms with Gasteiger partial charge in [0.15, 0.2) is 0 Å². The molecular formula is C14H21ClN4O. The van der Waals surface area contributed by atoms with E-state index in [1.807, 2.05) is 25.7 Å². The topological polar surface area (TPSA) is 58.1 Å². The van der Waals surface area contributed by atoms with E-state index in [0.717, 1.165) is 25.2 Å². The molecule has 1 aliphatic rings. The molecule has 1 aromatic heterocycles. The molecule has 1 atom stereocenters. The minimum atomic E-state index is -0.179. The van der Waals surface area contributed by atoms with Gasteiger partial charge >= 0.3 is 0 Å². The Kier molecular flexibility index (Phi) is 4.18. The van der Waals surface area contributed by atoms with E-state index in [4.69, 9.17) is 11.6 Å². The number of nitrogens with zero attached hydrogens (tertiary/aromatic N) is 3. The molecular weight excluding hydrogens is 276 g/mol. The van der Waals surface area contributed by atoms with Crippen molar-refractivity contribution in [3.05, 3.63) is 17.0 Å². The maximum atomic E-state index is 11.9. The average Bonchev–Trinajstić information content (AvgIpc) is 2.85. The summed E-state index contributed by atoms with van der Waals surface area (Å²) in [6.07, 6.45) is 1.82. The van der Waals surface area contributed by atoms with E-state index in [0.29, 0.717) is 11.0 Å². The van der Waals surface area contributed by atoms with Gasteiger partial charge in [0.2, 0.25) is 5.91 Å². The molecule has 1 N–H and O–H groups in total. The fourth-order valence-corrected chi connectivity index (χ4v) is 2.55. The summed E-state index contributed by atoms with van der Waals surface area (Å²) < 4.78 is 0. The highest BCUT2D eigenvalue weighted by Gasteiger charge is 2.32. The third-order valence-corrected chi connectivity index (χ3v) is 3.64. The maximum Gasteiger partial charge on any atom is 0.242 e. The molecule has 2 rings (SSSR count). The standard InChI is InChI=1S/C14H21ClN4O/c1-14(2,3)13-17-10(15)8-11(18-13)19-7-5-6-9(19)12(20)16-4/h8-9H,5-7H2,1-4H3,(H,16,20). The Morgan fingerprint density at radius 3 is 2.75 bits per heavy atom. The Bertz CT molecular complexity index is 512. The van der Waals surface area contributed by atoms with E-state index in [9.17, 15) is 4.79 Å². The quantitative estimate of drug-likeness (QED) is 0.850. The van der Waals surface area contributed by atoms with Crippen molar-refractivity contribution in [3.63, 3.8) is 0 Å². The zero-order valence-electron chi connectivity index (χ0n) is 12.4. The first-order valence-corrected chi connectivity index (χ1v) is 7.24. The van der Waals surface area contributed by atoms with Crippen LogP contribution in [0.5, 0.6) is 0 Å². The second-order valence-electron chi connectivity index (χ2n) is 6.09. The van der Waals surface area contributed by atoms with Gasteiger partial charge in [-0.1, -0.05) is 32.4 Å². The number of hydrogen-bond acceptors (Lipinski definition) is 4. The molecule has 1 aliphatic heterocycles. The fourth-order valence-electron chi connectivity index (χ4n) is 2.37. The van der Waals surface area contributed by atoms with Gasteiger partial charge in [-0.05, 0) is 12.8 Å². The first-order chi connectivity index (χ1) is 9.32. The molecule has 110 valence electrons. The van der Waals surface area contributed by atoms with E-state index in [2.05, 4.69) is 15.3 Å². The molecule has 0 bridgehead atoms. The lowest BCUT2D eigenvalue weighted by Gasteiger charge is -2.26. The number of nitrogens with one attached hydrogen (secondary N) is 1. The number of amides is 1. The normalized spacial score (nSPS) is 19.2. The third-order valence-electron chi connectivity index (χ3n) is 3.45. The smallest absolute Gasteiger partial charge is 0.242 e. The van der Waals surface area contributed by atoms with E-state index >= 15 is 0 Å². The Hall–Kier alpha value is -1.36. The molecule has 1 unspecified atom stereocenters. The number of likely N-dealkylation sites (N-methyl/N-ethyl adjacent to an activating group) is 1. The minimum absolute atomic E-state index is 0.0227. The Morgan fingerprint density at radius 2 is 2.15 bits per heavy atom. The average molecular weight is 297 g/mol. The number of halogens is 1. The summed E-state index contributed by atoms with van der Waals surface area (Å²) in [4.78, 5) is 22.8. The summed E-state index contributed by atoms with van der Waals surface area (Å²) in [5.41, 5.74) is -0.179. The lowest BCUT2D eigenvalue weighted by Crippen LogP contribution is -2.42. The molecule has 2 heterocycles. The number of anilines is 1. The van der Waals surface area contributed by atoms with Crippen LogP contribution in [0, 0.1) is 0 Å². The van der Waals surface area contributed by atoms with Gasteiger partial charge in [-0.15, -0.1) is 0 Å². The molecule has 0 aromatic carbocycles. The van der Waals surface area contributed by atoms with Crippen molar-refractivity contribution >= 4 is 23.3 Å². The molecule has 1 amide bonds. The van der Waals surface area contributed by atoms with Crippen molar-refractivity contribution < 1.29 is 4.79 Å². The highest BCUT2D eigenvalue weighted by atomic mass is 35.5. The molecule has 0 saturated carbocycles. The van der Waals surface area contributed by atoms with Gasteiger partial charge in [0, 0.05) is 25.1 Å². The van der Waals surface area contributed by atoms with Crippen LogP contribution in [0.15, 0.2) is 6.07 Å². The van der Waals surface area contributed by atoms with Gasteiger partial charge in [0.1, 0.15) is 22.8 Å². The molecule has 1 aromatic rings. The Balaban J connectivity index is 2.37. The van der Waals surface area contributed by atoms with E-state index in [1.165, 1.54) is 0 Å². The summed E-state index contributed by atoms with van der Waals surface area (Å²) in [7, 11) is 1.66. The predicted molar refractivity (Wildman–Crippen MR) is 80.2 cm³/mol. The maximum absolute atomic E-state index is 11.9. The number of aromatic nitrogens is 2. The minimum Gasteiger partial charge on any atom is -0.357 e.